The monoisotopic (exact) mass is 302 g/mol. The number of rotatable bonds is 5. The molecule has 6 nitrogen and oxygen atoms in total. The number of tetrazole rings is 1. The Bertz CT molecular complexity index is 776. The second kappa shape index (κ2) is 5.92. The van der Waals surface area contributed by atoms with Gasteiger partial charge in [0.25, 0.3) is 0 Å². The molecular formula is C14H14N4O2S. The summed E-state index contributed by atoms with van der Waals surface area (Å²) >= 11 is 1.44. The largest absolute Gasteiger partial charge is 0.491 e. The molecular weight excluding hydrogens is 288 g/mol. The Kier molecular flexibility index (Phi) is 3.83. The van der Waals surface area contributed by atoms with Gasteiger partial charge in [-0.15, -0.1) is 11.3 Å². The van der Waals surface area contributed by atoms with Gasteiger partial charge in [-0.2, -0.15) is 9.36 Å². The summed E-state index contributed by atoms with van der Waals surface area (Å²) < 4.78 is 8.26. The van der Waals surface area contributed by atoms with Gasteiger partial charge in [0.2, 0.25) is 0 Å². The molecule has 0 spiro atoms. The fourth-order valence-electron chi connectivity index (χ4n) is 1.90. The van der Waals surface area contributed by atoms with Crippen LogP contribution in [0.3, 0.4) is 0 Å². The summed E-state index contributed by atoms with van der Waals surface area (Å²) in [6.07, 6.45) is 0. The molecule has 0 aliphatic carbocycles. The molecule has 0 saturated heterocycles. The van der Waals surface area contributed by atoms with E-state index in [1.807, 2.05) is 48.7 Å². The van der Waals surface area contributed by atoms with Crippen LogP contribution in [0.15, 0.2) is 46.6 Å². The molecule has 108 valence electrons. The van der Waals surface area contributed by atoms with Gasteiger partial charge in [0, 0.05) is 0 Å². The van der Waals surface area contributed by atoms with Crippen LogP contribution in [-0.2, 0) is 6.54 Å². The third-order valence-electron chi connectivity index (χ3n) is 3.01. The molecule has 0 aliphatic heterocycles. The fourth-order valence-corrected chi connectivity index (χ4v) is 2.57. The molecule has 0 aliphatic rings. The van der Waals surface area contributed by atoms with Gasteiger partial charge in [0.05, 0.1) is 6.54 Å². The minimum absolute atomic E-state index is 0.258. The third kappa shape index (κ3) is 2.87. The van der Waals surface area contributed by atoms with Gasteiger partial charge in [-0.05, 0) is 46.5 Å². The molecule has 0 N–H and O–H groups in total. The molecule has 0 fully saturated rings. The van der Waals surface area contributed by atoms with Crippen LogP contribution >= 0.6 is 11.3 Å². The van der Waals surface area contributed by atoms with Crippen molar-refractivity contribution < 1.29 is 4.74 Å². The summed E-state index contributed by atoms with van der Waals surface area (Å²) in [7, 11) is 0. The highest BCUT2D eigenvalue weighted by Crippen LogP contribution is 2.15. The molecule has 21 heavy (non-hydrogen) atoms. The van der Waals surface area contributed by atoms with Gasteiger partial charge in [-0.1, -0.05) is 18.2 Å². The average Bonchev–Trinajstić information content (AvgIpc) is 3.11. The van der Waals surface area contributed by atoms with E-state index in [2.05, 4.69) is 10.4 Å². The zero-order chi connectivity index (χ0) is 14.7. The van der Waals surface area contributed by atoms with E-state index in [0.717, 1.165) is 16.3 Å². The van der Waals surface area contributed by atoms with Crippen molar-refractivity contribution in [2.45, 2.75) is 13.5 Å². The molecule has 0 amide bonds. The lowest BCUT2D eigenvalue weighted by molar-refractivity contribution is 0.286. The maximum absolute atomic E-state index is 12.1. The zero-order valence-electron chi connectivity index (χ0n) is 11.5. The third-order valence-corrected chi connectivity index (χ3v) is 3.85. The minimum atomic E-state index is -0.258. The van der Waals surface area contributed by atoms with Crippen LogP contribution in [-0.4, -0.2) is 26.4 Å². The quantitative estimate of drug-likeness (QED) is 0.722. The van der Waals surface area contributed by atoms with E-state index in [0.29, 0.717) is 13.2 Å². The normalized spacial score (nSPS) is 10.7. The number of aryl methyl sites for hydroxylation is 1. The number of para-hydroxylation sites is 1. The van der Waals surface area contributed by atoms with Gasteiger partial charge in [-0.3, -0.25) is 0 Å². The summed E-state index contributed by atoms with van der Waals surface area (Å²) in [4.78, 5) is 12.1. The molecule has 2 heterocycles. The molecule has 3 rings (SSSR count). The number of thiophene rings is 1. The Balaban J connectivity index is 1.67. The van der Waals surface area contributed by atoms with Crippen LogP contribution in [0.4, 0.5) is 0 Å². The van der Waals surface area contributed by atoms with E-state index in [4.69, 9.17) is 4.74 Å². The van der Waals surface area contributed by atoms with E-state index in [1.54, 1.807) is 0 Å². The molecule has 3 aromatic rings. The number of aromatic nitrogens is 4. The Morgan fingerprint density at radius 3 is 2.81 bits per heavy atom. The standard InChI is InChI=1S/C14H14N4O2S/c1-11-5-2-3-6-12(11)20-9-8-17-14(19)18(16-15-17)13-7-4-10-21-13/h2-7,10H,8-9H2,1H3. The fraction of sp³-hybridized carbons (Fsp3) is 0.214. The van der Waals surface area contributed by atoms with Crippen LogP contribution < -0.4 is 10.4 Å². The maximum atomic E-state index is 12.1. The van der Waals surface area contributed by atoms with Gasteiger partial charge in [0.15, 0.2) is 0 Å². The zero-order valence-corrected chi connectivity index (χ0v) is 12.3. The summed E-state index contributed by atoms with van der Waals surface area (Å²) in [6, 6.07) is 11.5. The van der Waals surface area contributed by atoms with Crippen LogP contribution in [0.2, 0.25) is 0 Å². The first-order chi connectivity index (χ1) is 10.3. The van der Waals surface area contributed by atoms with Crippen molar-refractivity contribution in [2.24, 2.45) is 0 Å². The van der Waals surface area contributed by atoms with Gasteiger partial charge < -0.3 is 4.74 Å². The Morgan fingerprint density at radius 1 is 1.19 bits per heavy atom. The molecule has 1 aromatic carbocycles. The average molecular weight is 302 g/mol. The van der Waals surface area contributed by atoms with Crippen molar-refractivity contribution in [3.05, 3.63) is 57.8 Å². The van der Waals surface area contributed by atoms with E-state index in [-0.39, 0.29) is 5.69 Å². The van der Waals surface area contributed by atoms with Gasteiger partial charge in [0.1, 0.15) is 17.4 Å². The van der Waals surface area contributed by atoms with E-state index < -0.39 is 0 Å². The number of hydrogen-bond acceptors (Lipinski definition) is 5. The first-order valence-electron chi connectivity index (χ1n) is 6.51. The lowest BCUT2D eigenvalue weighted by Crippen LogP contribution is -2.26. The molecule has 0 bridgehead atoms. The van der Waals surface area contributed by atoms with Gasteiger partial charge in [-0.25, -0.2) is 4.79 Å². The predicted molar refractivity (Wildman–Crippen MR) is 80.2 cm³/mol. The summed E-state index contributed by atoms with van der Waals surface area (Å²) in [5.74, 6) is 0.816. The molecule has 0 saturated carbocycles. The van der Waals surface area contributed by atoms with Crippen LogP contribution in [0.5, 0.6) is 5.75 Å². The number of benzene rings is 1. The lowest BCUT2D eigenvalue weighted by Gasteiger charge is -2.07. The van der Waals surface area contributed by atoms with Crippen molar-refractivity contribution >= 4 is 11.3 Å². The first kappa shape index (κ1) is 13.6. The van der Waals surface area contributed by atoms with Crippen molar-refractivity contribution in [1.29, 1.82) is 0 Å². The van der Waals surface area contributed by atoms with Crippen LogP contribution in [0.25, 0.3) is 5.00 Å². The van der Waals surface area contributed by atoms with Crippen molar-refractivity contribution in [3.63, 3.8) is 0 Å². The van der Waals surface area contributed by atoms with E-state index in [1.165, 1.54) is 20.7 Å². The van der Waals surface area contributed by atoms with Crippen LogP contribution in [0, 0.1) is 6.92 Å². The second-order valence-electron chi connectivity index (χ2n) is 4.46. The van der Waals surface area contributed by atoms with Crippen molar-refractivity contribution in [3.8, 4) is 10.8 Å². The number of ether oxygens (including phenoxy) is 1. The van der Waals surface area contributed by atoms with E-state index >= 15 is 0 Å². The minimum Gasteiger partial charge on any atom is -0.491 e. The highest BCUT2D eigenvalue weighted by atomic mass is 32.1. The molecule has 7 heteroatoms. The molecule has 0 radical (unpaired) electrons. The SMILES string of the molecule is Cc1ccccc1OCCn1nnn(-c2cccs2)c1=O. The molecule has 0 atom stereocenters. The topological polar surface area (TPSA) is 61.9 Å². The molecule has 0 unspecified atom stereocenters. The Hall–Kier alpha value is -2.41. The van der Waals surface area contributed by atoms with Gasteiger partial charge >= 0.3 is 5.69 Å². The maximum Gasteiger partial charge on any atom is 0.369 e. The summed E-state index contributed by atoms with van der Waals surface area (Å²) in [5.41, 5.74) is 0.804. The smallest absolute Gasteiger partial charge is 0.369 e. The van der Waals surface area contributed by atoms with Crippen molar-refractivity contribution in [1.82, 2.24) is 19.8 Å². The van der Waals surface area contributed by atoms with Crippen LogP contribution in [0.1, 0.15) is 5.56 Å². The lowest BCUT2D eigenvalue weighted by atomic mass is 10.2. The van der Waals surface area contributed by atoms with Crippen molar-refractivity contribution in [2.75, 3.05) is 6.61 Å². The second-order valence-corrected chi connectivity index (χ2v) is 5.39. The Labute approximate surface area is 125 Å². The first-order valence-corrected chi connectivity index (χ1v) is 7.39. The summed E-state index contributed by atoms with van der Waals surface area (Å²) in [6.45, 7) is 2.71. The Morgan fingerprint density at radius 2 is 2.05 bits per heavy atom. The molecule has 2 aromatic heterocycles. The summed E-state index contributed by atoms with van der Waals surface area (Å²) in [5, 5.41) is 10.4. The predicted octanol–water partition coefficient (Wildman–Crippen LogP) is 1.88. The highest BCUT2D eigenvalue weighted by molar-refractivity contribution is 7.12. The number of hydrogen-bond donors (Lipinski definition) is 0. The highest BCUT2D eigenvalue weighted by Gasteiger charge is 2.09. The number of nitrogens with zero attached hydrogens (tertiary/aromatic N) is 4. The van der Waals surface area contributed by atoms with E-state index in [9.17, 15) is 4.79 Å².